The number of nitrogens with one attached hydrogen (secondary N) is 1. The topological polar surface area (TPSA) is 24.9 Å². The molecule has 0 aromatic carbocycles. The van der Waals surface area contributed by atoms with Crippen LogP contribution in [0.4, 0.5) is 0 Å². The molecule has 0 saturated heterocycles. The number of aromatic nitrogens is 1. The lowest BCUT2D eigenvalue weighted by atomic mass is 10.1. The zero-order valence-electron chi connectivity index (χ0n) is 12.3. The summed E-state index contributed by atoms with van der Waals surface area (Å²) in [7, 11) is 0. The zero-order valence-corrected chi connectivity index (χ0v) is 12.3. The maximum Gasteiger partial charge on any atom is 0.0629 e. The maximum atomic E-state index is 4.26. The summed E-state index contributed by atoms with van der Waals surface area (Å²) in [5.74, 6) is 0. The summed E-state index contributed by atoms with van der Waals surface area (Å²) < 4.78 is 0. The fourth-order valence-corrected chi connectivity index (χ4v) is 2.04. The first-order chi connectivity index (χ1) is 9.74. The van der Waals surface area contributed by atoms with E-state index in [0.717, 1.165) is 17.8 Å². The number of nitrogens with zero attached hydrogens (tertiary/aromatic N) is 1. The summed E-state index contributed by atoms with van der Waals surface area (Å²) in [6, 6.07) is 5.90. The normalized spacial score (nSPS) is 16.9. The fraction of sp³-hybridized carbons (Fsp3) is 0.389. The molecule has 2 heteroatoms. The molecule has 2 nitrogen and oxygen atoms in total. The van der Waals surface area contributed by atoms with Crippen molar-refractivity contribution in [2.75, 3.05) is 6.54 Å². The Morgan fingerprint density at radius 2 is 2.25 bits per heavy atom. The van der Waals surface area contributed by atoms with Crippen LogP contribution in [0.1, 0.15) is 38.3 Å². The largest absolute Gasteiger partial charge is 0.308 e. The Hall–Kier alpha value is -1.67. The van der Waals surface area contributed by atoms with Crippen molar-refractivity contribution in [2.24, 2.45) is 0 Å². The van der Waals surface area contributed by atoms with Crippen LogP contribution in [0.2, 0.25) is 0 Å². The van der Waals surface area contributed by atoms with Gasteiger partial charge >= 0.3 is 0 Å². The van der Waals surface area contributed by atoms with E-state index in [1.807, 2.05) is 30.4 Å². The Morgan fingerprint density at radius 3 is 2.90 bits per heavy atom. The first kappa shape index (κ1) is 14.7. The van der Waals surface area contributed by atoms with Crippen molar-refractivity contribution >= 4 is 6.08 Å². The third-order valence-electron chi connectivity index (χ3n) is 3.57. The Morgan fingerprint density at radius 1 is 1.40 bits per heavy atom. The summed E-state index contributed by atoms with van der Waals surface area (Å²) in [6.07, 6.45) is 15.2. The molecule has 1 saturated carbocycles. The second-order valence-electron chi connectivity index (χ2n) is 5.43. The first-order valence-electron chi connectivity index (χ1n) is 7.46. The van der Waals surface area contributed by atoms with Gasteiger partial charge in [0, 0.05) is 11.7 Å². The lowest BCUT2D eigenvalue weighted by molar-refractivity contribution is 0.563. The van der Waals surface area contributed by atoms with Gasteiger partial charge < -0.3 is 5.32 Å². The molecule has 1 fully saturated rings. The van der Waals surface area contributed by atoms with Gasteiger partial charge in [-0.3, -0.25) is 4.98 Å². The minimum absolute atomic E-state index is 0.247. The molecule has 1 N–H and O–H groups in total. The van der Waals surface area contributed by atoms with Gasteiger partial charge in [-0.15, -0.1) is 0 Å². The second-order valence-corrected chi connectivity index (χ2v) is 5.43. The predicted molar refractivity (Wildman–Crippen MR) is 86.4 cm³/mol. The molecule has 1 heterocycles. The van der Waals surface area contributed by atoms with Gasteiger partial charge in [0.2, 0.25) is 0 Å². The van der Waals surface area contributed by atoms with Crippen LogP contribution in [0.5, 0.6) is 0 Å². The molecule has 1 aromatic heterocycles. The summed E-state index contributed by atoms with van der Waals surface area (Å²) in [5.41, 5.74) is 2.22. The van der Waals surface area contributed by atoms with Crippen molar-refractivity contribution < 1.29 is 0 Å². The van der Waals surface area contributed by atoms with Crippen LogP contribution in [-0.2, 0) is 0 Å². The molecule has 1 aliphatic carbocycles. The van der Waals surface area contributed by atoms with Gasteiger partial charge in [0.1, 0.15) is 0 Å². The Labute approximate surface area is 122 Å². The Bertz CT molecular complexity index is 481. The molecule has 2 rings (SSSR count). The van der Waals surface area contributed by atoms with E-state index in [2.05, 4.69) is 36.0 Å². The van der Waals surface area contributed by atoms with Crippen molar-refractivity contribution in [2.45, 2.75) is 38.1 Å². The molecule has 0 unspecified atom stereocenters. The average Bonchev–Trinajstić information content (AvgIpc) is 3.25. The third kappa shape index (κ3) is 4.78. The number of rotatable bonds is 8. The van der Waals surface area contributed by atoms with E-state index in [9.17, 15) is 0 Å². The third-order valence-corrected chi connectivity index (χ3v) is 3.57. The van der Waals surface area contributed by atoms with Crippen molar-refractivity contribution in [1.29, 1.82) is 0 Å². The van der Waals surface area contributed by atoms with Crippen molar-refractivity contribution in [3.63, 3.8) is 0 Å². The van der Waals surface area contributed by atoms with Crippen LogP contribution in [0.3, 0.4) is 0 Å². The molecular formula is C18H24N2. The molecule has 20 heavy (non-hydrogen) atoms. The van der Waals surface area contributed by atoms with Crippen LogP contribution in [0.15, 0.2) is 54.8 Å². The van der Waals surface area contributed by atoms with E-state index in [1.165, 1.54) is 25.7 Å². The quantitative estimate of drug-likeness (QED) is 0.566. The molecule has 0 amide bonds. The SMILES string of the molecule is C=C(/C=C\C1(NCCCC)CC1)/C=C/c1ccccn1. The number of unbranched alkanes of at least 4 members (excludes halogenated alkanes) is 1. The number of hydrogen-bond acceptors (Lipinski definition) is 2. The molecular weight excluding hydrogens is 244 g/mol. The van der Waals surface area contributed by atoms with Crippen molar-refractivity contribution in [1.82, 2.24) is 10.3 Å². The van der Waals surface area contributed by atoms with Gasteiger partial charge in [-0.05, 0) is 49.6 Å². The molecule has 1 aliphatic rings. The van der Waals surface area contributed by atoms with Gasteiger partial charge in [-0.1, -0.05) is 44.2 Å². The smallest absolute Gasteiger partial charge is 0.0629 e. The van der Waals surface area contributed by atoms with E-state index in [0.29, 0.717) is 0 Å². The number of allylic oxidation sites excluding steroid dienone is 3. The monoisotopic (exact) mass is 268 g/mol. The number of hydrogen-bond donors (Lipinski definition) is 1. The van der Waals surface area contributed by atoms with Crippen molar-refractivity contribution in [3.8, 4) is 0 Å². The van der Waals surface area contributed by atoms with E-state index in [-0.39, 0.29) is 5.54 Å². The highest BCUT2D eigenvalue weighted by atomic mass is 15.0. The highest BCUT2D eigenvalue weighted by Crippen LogP contribution is 2.37. The Balaban J connectivity index is 1.82. The summed E-state index contributed by atoms with van der Waals surface area (Å²) in [6.45, 7) is 7.40. The lowest BCUT2D eigenvalue weighted by Crippen LogP contribution is -2.29. The van der Waals surface area contributed by atoms with Crippen LogP contribution < -0.4 is 5.32 Å². The summed E-state index contributed by atoms with van der Waals surface area (Å²) in [4.78, 5) is 4.26. The molecule has 1 aromatic rings. The summed E-state index contributed by atoms with van der Waals surface area (Å²) in [5, 5.41) is 3.64. The number of pyridine rings is 1. The molecule has 0 aliphatic heterocycles. The van der Waals surface area contributed by atoms with E-state index in [4.69, 9.17) is 0 Å². The molecule has 0 spiro atoms. The molecule has 0 radical (unpaired) electrons. The fourth-order valence-electron chi connectivity index (χ4n) is 2.04. The van der Waals surface area contributed by atoms with E-state index in [1.54, 1.807) is 6.20 Å². The van der Waals surface area contributed by atoms with Gasteiger partial charge in [0.05, 0.1) is 5.69 Å². The maximum absolute atomic E-state index is 4.26. The first-order valence-corrected chi connectivity index (χ1v) is 7.46. The van der Waals surface area contributed by atoms with E-state index < -0.39 is 0 Å². The zero-order chi connectivity index (χ0) is 14.3. The van der Waals surface area contributed by atoms with E-state index >= 15 is 0 Å². The minimum atomic E-state index is 0.247. The average molecular weight is 268 g/mol. The molecule has 106 valence electrons. The minimum Gasteiger partial charge on any atom is -0.308 e. The molecule has 0 atom stereocenters. The van der Waals surface area contributed by atoms with Gasteiger partial charge in [0.15, 0.2) is 0 Å². The van der Waals surface area contributed by atoms with Gasteiger partial charge in [0.25, 0.3) is 0 Å². The molecule has 0 bridgehead atoms. The van der Waals surface area contributed by atoms with Crippen LogP contribution in [-0.4, -0.2) is 17.1 Å². The van der Waals surface area contributed by atoms with Gasteiger partial charge in [-0.25, -0.2) is 0 Å². The highest BCUT2D eigenvalue weighted by molar-refractivity contribution is 5.50. The standard InChI is InChI=1S/C18H24N2/c1-3-4-15-20-18(12-13-18)11-10-16(2)8-9-17-7-5-6-14-19-17/h5-11,14,20H,2-4,12-13,15H2,1H3/b9-8+,11-10-. The highest BCUT2D eigenvalue weighted by Gasteiger charge is 2.38. The van der Waals surface area contributed by atoms with Crippen LogP contribution in [0, 0.1) is 0 Å². The predicted octanol–water partition coefficient (Wildman–Crippen LogP) is 4.13. The second kappa shape index (κ2) is 7.20. The lowest BCUT2D eigenvalue weighted by Gasteiger charge is -2.12. The summed E-state index contributed by atoms with van der Waals surface area (Å²) >= 11 is 0. The Kier molecular flexibility index (Phi) is 5.31. The van der Waals surface area contributed by atoms with Crippen molar-refractivity contribution in [3.05, 3.63) is 60.5 Å². The van der Waals surface area contributed by atoms with Crippen LogP contribution in [0.25, 0.3) is 6.08 Å². The van der Waals surface area contributed by atoms with Crippen LogP contribution >= 0.6 is 0 Å². The van der Waals surface area contributed by atoms with Gasteiger partial charge in [-0.2, -0.15) is 0 Å².